The zero-order valence-electron chi connectivity index (χ0n) is 16.4. The van der Waals surface area contributed by atoms with Crippen molar-refractivity contribution in [2.24, 2.45) is 0 Å². The Bertz CT molecular complexity index is 902. The lowest BCUT2D eigenvalue weighted by molar-refractivity contribution is -0.117. The number of nitrogens with one attached hydrogen (secondary N) is 1. The van der Waals surface area contributed by atoms with Crippen LogP contribution in [0.3, 0.4) is 0 Å². The van der Waals surface area contributed by atoms with E-state index in [1.54, 1.807) is 10.9 Å². The number of fused-ring (bicyclic) bond motifs is 1. The maximum absolute atomic E-state index is 13.1. The minimum atomic E-state index is -2.54. The zero-order valence-corrected chi connectivity index (χ0v) is 16.4. The summed E-state index contributed by atoms with van der Waals surface area (Å²) in [6, 6.07) is 1.65. The minimum absolute atomic E-state index is 0. The van der Waals surface area contributed by atoms with Crippen LogP contribution in [0.15, 0.2) is 18.5 Å². The number of alkyl halides is 2. The van der Waals surface area contributed by atoms with Gasteiger partial charge in [-0.15, -0.1) is 0 Å². The number of nitrogens with zero attached hydrogens (tertiary/aromatic N) is 4. The van der Waals surface area contributed by atoms with Gasteiger partial charge in [-0.1, -0.05) is 14.4 Å². The van der Waals surface area contributed by atoms with Gasteiger partial charge in [-0.25, -0.2) is 8.78 Å². The number of carbonyl (C=O) groups excluding carboxylic acids is 1. The highest BCUT2D eigenvalue weighted by Crippen LogP contribution is 2.45. The van der Waals surface area contributed by atoms with Crippen molar-refractivity contribution in [3.05, 3.63) is 35.4 Å². The lowest BCUT2D eigenvalue weighted by Gasteiger charge is -2.35. The quantitative estimate of drug-likeness (QED) is 0.812. The standard InChI is InChI=1S/C20H25F2N5O.CH4/c1-4-16-19(28)25-18-12(2)24-14(7-17(18)26(16)3)6-5-13-10-23-27(11-13)15-8-20(21,22)9-15;/h7,10-11,15-16H,4-6,8-9H2,1-3H3,(H,25,28);1H4/t16-;/m0./s1. The molecule has 6 nitrogen and oxygen atoms in total. The van der Waals surface area contributed by atoms with E-state index in [4.69, 9.17) is 0 Å². The van der Waals surface area contributed by atoms with Crippen LogP contribution in [0.4, 0.5) is 20.2 Å². The second-order valence-electron chi connectivity index (χ2n) is 7.86. The Morgan fingerprint density at radius 3 is 2.69 bits per heavy atom. The monoisotopic (exact) mass is 405 g/mol. The molecule has 1 aliphatic heterocycles. The molecule has 4 rings (SSSR count). The summed E-state index contributed by atoms with van der Waals surface area (Å²) in [5, 5.41) is 7.23. The van der Waals surface area contributed by atoms with Gasteiger partial charge in [0, 0.05) is 31.8 Å². The van der Waals surface area contributed by atoms with Crippen LogP contribution >= 0.6 is 0 Å². The van der Waals surface area contributed by atoms with Gasteiger partial charge in [0.1, 0.15) is 6.04 Å². The molecule has 29 heavy (non-hydrogen) atoms. The summed E-state index contributed by atoms with van der Waals surface area (Å²) < 4.78 is 27.8. The molecule has 0 saturated heterocycles. The van der Waals surface area contributed by atoms with Gasteiger partial charge in [0.2, 0.25) is 5.91 Å². The number of hydrogen-bond donors (Lipinski definition) is 1. The number of rotatable bonds is 5. The average Bonchev–Trinajstić information content (AvgIpc) is 3.08. The van der Waals surface area contributed by atoms with E-state index in [-0.39, 0.29) is 38.3 Å². The summed E-state index contributed by atoms with van der Waals surface area (Å²) in [4.78, 5) is 18.9. The lowest BCUT2D eigenvalue weighted by atomic mass is 9.88. The summed E-state index contributed by atoms with van der Waals surface area (Å²) >= 11 is 0. The normalized spacial score (nSPS) is 20.5. The highest BCUT2D eigenvalue weighted by molar-refractivity contribution is 6.04. The summed E-state index contributed by atoms with van der Waals surface area (Å²) in [7, 11) is 1.94. The van der Waals surface area contributed by atoms with E-state index >= 15 is 0 Å². The number of halogens is 2. The Hall–Kier alpha value is -2.51. The van der Waals surface area contributed by atoms with Crippen LogP contribution in [-0.4, -0.2) is 39.7 Å². The highest BCUT2D eigenvalue weighted by atomic mass is 19.3. The summed E-state index contributed by atoms with van der Waals surface area (Å²) in [6.45, 7) is 3.90. The molecule has 0 spiro atoms. The Labute approximate surface area is 170 Å². The smallest absolute Gasteiger partial charge is 0.252 e. The van der Waals surface area contributed by atoms with Crippen molar-refractivity contribution >= 4 is 17.3 Å². The number of likely N-dealkylation sites (N-methyl/N-ethyl adjacent to an activating group) is 1. The van der Waals surface area contributed by atoms with Crippen molar-refractivity contribution in [2.45, 2.75) is 71.4 Å². The Morgan fingerprint density at radius 1 is 1.31 bits per heavy atom. The molecular weight excluding hydrogens is 376 g/mol. The molecule has 0 aromatic carbocycles. The third-order valence-electron chi connectivity index (χ3n) is 5.79. The molecule has 0 unspecified atom stereocenters. The average molecular weight is 405 g/mol. The first kappa shape index (κ1) is 21.2. The predicted molar refractivity (Wildman–Crippen MR) is 110 cm³/mol. The van der Waals surface area contributed by atoms with Crippen molar-refractivity contribution in [2.75, 3.05) is 17.3 Å². The maximum atomic E-state index is 13.1. The third-order valence-corrected chi connectivity index (χ3v) is 5.79. The summed E-state index contributed by atoms with van der Waals surface area (Å²) in [5.41, 5.74) is 4.52. The molecule has 158 valence electrons. The van der Waals surface area contributed by atoms with Gasteiger partial charge in [-0.3, -0.25) is 14.5 Å². The van der Waals surface area contributed by atoms with Gasteiger partial charge < -0.3 is 10.2 Å². The van der Waals surface area contributed by atoms with Gasteiger partial charge in [-0.2, -0.15) is 5.10 Å². The molecule has 2 aromatic rings. The van der Waals surface area contributed by atoms with Crippen LogP contribution in [0.25, 0.3) is 0 Å². The van der Waals surface area contributed by atoms with Crippen LogP contribution < -0.4 is 10.2 Å². The molecule has 1 N–H and O–H groups in total. The van der Waals surface area contributed by atoms with Gasteiger partial charge in [0.15, 0.2) is 0 Å². The molecule has 0 bridgehead atoms. The van der Waals surface area contributed by atoms with E-state index in [0.29, 0.717) is 0 Å². The number of pyridine rings is 1. The number of carbonyl (C=O) groups is 1. The third kappa shape index (κ3) is 3.97. The van der Waals surface area contributed by atoms with Crippen molar-refractivity contribution in [3.63, 3.8) is 0 Å². The van der Waals surface area contributed by atoms with E-state index in [0.717, 1.165) is 47.6 Å². The fourth-order valence-corrected chi connectivity index (χ4v) is 4.08. The van der Waals surface area contributed by atoms with E-state index < -0.39 is 5.92 Å². The van der Waals surface area contributed by atoms with Crippen LogP contribution in [0.2, 0.25) is 0 Å². The number of aryl methyl sites for hydroxylation is 3. The van der Waals surface area contributed by atoms with Crippen LogP contribution in [0.1, 0.15) is 56.6 Å². The molecule has 8 heteroatoms. The second-order valence-corrected chi connectivity index (χ2v) is 7.86. The molecule has 3 heterocycles. The molecular formula is C21H29F2N5O. The molecule has 1 amide bonds. The molecule has 1 atom stereocenters. The van der Waals surface area contributed by atoms with Gasteiger partial charge in [0.05, 0.1) is 29.3 Å². The first-order chi connectivity index (χ1) is 13.3. The first-order valence-corrected chi connectivity index (χ1v) is 9.72. The maximum Gasteiger partial charge on any atom is 0.252 e. The van der Waals surface area contributed by atoms with Gasteiger partial charge >= 0.3 is 0 Å². The summed E-state index contributed by atoms with van der Waals surface area (Å²) in [6.07, 6.45) is 5.55. The molecule has 1 saturated carbocycles. The molecule has 2 aliphatic rings. The zero-order chi connectivity index (χ0) is 20.1. The van der Waals surface area contributed by atoms with Crippen LogP contribution in [0, 0.1) is 6.92 Å². The Balaban J connectivity index is 0.00000240. The van der Waals surface area contributed by atoms with Gasteiger partial charge in [-0.05, 0) is 37.8 Å². The number of aromatic nitrogens is 3. The number of anilines is 2. The Morgan fingerprint density at radius 2 is 2.03 bits per heavy atom. The largest absolute Gasteiger partial charge is 0.361 e. The molecule has 1 aliphatic carbocycles. The van der Waals surface area contributed by atoms with Crippen molar-refractivity contribution in [1.82, 2.24) is 14.8 Å². The minimum Gasteiger partial charge on any atom is -0.361 e. The van der Waals surface area contributed by atoms with Crippen molar-refractivity contribution in [3.8, 4) is 0 Å². The van der Waals surface area contributed by atoms with Crippen LogP contribution in [-0.2, 0) is 17.6 Å². The second kappa shape index (κ2) is 7.72. The number of hydrogen-bond acceptors (Lipinski definition) is 4. The Kier molecular flexibility index (Phi) is 5.65. The molecule has 1 fully saturated rings. The van der Waals surface area contributed by atoms with E-state index in [2.05, 4.69) is 15.4 Å². The highest BCUT2D eigenvalue weighted by Gasteiger charge is 2.46. The van der Waals surface area contributed by atoms with E-state index in [1.807, 2.05) is 38.1 Å². The van der Waals surface area contributed by atoms with Gasteiger partial charge in [0.25, 0.3) is 5.92 Å². The lowest BCUT2D eigenvalue weighted by Crippen LogP contribution is -2.46. The van der Waals surface area contributed by atoms with E-state index in [9.17, 15) is 13.6 Å². The van der Waals surface area contributed by atoms with Crippen molar-refractivity contribution in [1.29, 1.82) is 0 Å². The molecule has 2 aromatic heterocycles. The predicted octanol–water partition coefficient (Wildman–Crippen LogP) is 4.14. The fraction of sp³-hybridized carbons (Fsp3) is 0.571. The first-order valence-electron chi connectivity index (χ1n) is 9.72. The SMILES string of the molecule is C.CC[C@H]1C(=O)Nc2c(cc(CCc3cnn(C4CC(F)(F)C4)c3)nc2C)N1C. The number of amides is 1. The van der Waals surface area contributed by atoms with Crippen LogP contribution in [0.5, 0.6) is 0 Å². The molecule has 0 radical (unpaired) electrons. The summed E-state index contributed by atoms with van der Waals surface area (Å²) in [5.74, 6) is -2.54. The van der Waals surface area contributed by atoms with E-state index in [1.165, 1.54) is 0 Å². The fourth-order valence-electron chi connectivity index (χ4n) is 4.08. The van der Waals surface area contributed by atoms with Crippen molar-refractivity contribution < 1.29 is 13.6 Å². The topological polar surface area (TPSA) is 63.1 Å².